The van der Waals surface area contributed by atoms with E-state index in [0.717, 1.165) is 11.3 Å². The first-order valence-corrected chi connectivity index (χ1v) is 5.01. The van der Waals surface area contributed by atoms with Gasteiger partial charge in [-0.2, -0.15) is 0 Å². The van der Waals surface area contributed by atoms with Gasteiger partial charge in [-0.15, -0.1) is 0 Å². The van der Waals surface area contributed by atoms with Crippen LogP contribution < -0.4 is 4.74 Å². The Hall–Kier alpha value is -1.48. The molecule has 1 heterocycles. The Labute approximate surface area is 89.0 Å². The third kappa shape index (κ3) is 2.30. The average Bonchev–Trinajstić information content (AvgIpc) is 2.57. The van der Waals surface area contributed by atoms with Gasteiger partial charge in [0, 0.05) is 23.7 Å². The topological polar surface area (TPSA) is 34.2 Å². The van der Waals surface area contributed by atoms with E-state index >= 15 is 0 Å². The number of H-pyrrole nitrogens is 1. The molecule has 0 spiro atoms. The smallest absolute Gasteiger partial charge is 0.120 e. The summed E-state index contributed by atoms with van der Waals surface area (Å²) in [5.74, 6) is 0.888. The maximum Gasteiger partial charge on any atom is 0.120 e. The molecule has 0 aliphatic carbocycles. The third-order valence-corrected chi connectivity index (χ3v) is 2.28. The van der Waals surface area contributed by atoms with Crippen molar-refractivity contribution in [3.63, 3.8) is 0 Å². The van der Waals surface area contributed by atoms with Crippen molar-refractivity contribution < 1.29 is 9.47 Å². The fourth-order valence-corrected chi connectivity index (χ4v) is 1.59. The van der Waals surface area contributed by atoms with E-state index in [1.807, 2.05) is 25.1 Å². The number of methoxy groups -OCH3 is 1. The molecule has 0 saturated carbocycles. The summed E-state index contributed by atoms with van der Waals surface area (Å²) in [6.45, 7) is 3.25. The Balaban J connectivity index is 2.15. The second kappa shape index (κ2) is 4.36. The van der Waals surface area contributed by atoms with Crippen LogP contribution in [-0.2, 0) is 4.74 Å². The van der Waals surface area contributed by atoms with E-state index < -0.39 is 0 Å². The van der Waals surface area contributed by atoms with Crippen molar-refractivity contribution in [2.75, 3.05) is 20.3 Å². The van der Waals surface area contributed by atoms with Crippen LogP contribution in [0.4, 0.5) is 0 Å². The van der Waals surface area contributed by atoms with Crippen LogP contribution in [-0.4, -0.2) is 25.3 Å². The van der Waals surface area contributed by atoms with Gasteiger partial charge in [0.1, 0.15) is 12.4 Å². The summed E-state index contributed by atoms with van der Waals surface area (Å²) in [5.41, 5.74) is 2.31. The number of nitrogens with one attached hydrogen (secondary N) is 1. The molecule has 1 aromatic heterocycles. The van der Waals surface area contributed by atoms with Crippen molar-refractivity contribution in [2.24, 2.45) is 0 Å². The lowest BCUT2D eigenvalue weighted by molar-refractivity contribution is 0.146. The summed E-state index contributed by atoms with van der Waals surface area (Å²) >= 11 is 0. The molecule has 0 fully saturated rings. The number of ether oxygens (including phenoxy) is 2. The minimum absolute atomic E-state index is 0.589. The van der Waals surface area contributed by atoms with Crippen LogP contribution in [0.25, 0.3) is 10.9 Å². The number of aromatic amines is 1. The van der Waals surface area contributed by atoms with Gasteiger partial charge < -0.3 is 14.5 Å². The second-order valence-electron chi connectivity index (χ2n) is 3.54. The molecule has 0 unspecified atom stereocenters. The number of benzene rings is 1. The van der Waals surface area contributed by atoms with Gasteiger partial charge in [-0.25, -0.2) is 0 Å². The Morgan fingerprint density at radius 2 is 2.07 bits per heavy atom. The molecular formula is C12H15NO2. The molecule has 3 heteroatoms. The third-order valence-electron chi connectivity index (χ3n) is 2.28. The number of hydrogen-bond donors (Lipinski definition) is 1. The number of rotatable bonds is 4. The van der Waals surface area contributed by atoms with Crippen LogP contribution in [0.3, 0.4) is 0 Å². The summed E-state index contributed by atoms with van der Waals surface area (Å²) in [6, 6.07) is 8.14. The lowest BCUT2D eigenvalue weighted by Gasteiger charge is -2.04. The average molecular weight is 205 g/mol. The normalized spacial score (nSPS) is 10.8. The highest BCUT2D eigenvalue weighted by Gasteiger charge is 1.99. The monoisotopic (exact) mass is 205 g/mol. The first-order valence-electron chi connectivity index (χ1n) is 5.01. The Morgan fingerprint density at radius 3 is 2.87 bits per heavy atom. The van der Waals surface area contributed by atoms with Gasteiger partial charge in [0.05, 0.1) is 6.61 Å². The fourth-order valence-electron chi connectivity index (χ4n) is 1.59. The number of aromatic nitrogens is 1. The van der Waals surface area contributed by atoms with E-state index in [9.17, 15) is 0 Å². The first-order chi connectivity index (χ1) is 7.29. The lowest BCUT2D eigenvalue weighted by atomic mass is 10.2. The predicted octanol–water partition coefficient (Wildman–Crippen LogP) is 2.50. The minimum Gasteiger partial charge on any atom is -0.491 e. The Morgan fingerprint density at radius 1 is 1.20 bits per heavy atom. The van der Waals surface area contributed by atoms with Crippen LogP contribution in [0.1, 0.15) is 5.69 Å². The maximum absolute atomic E-state index is 5.52. The van der Waals surface area contributed by atoms with Crippen molar-refractivity contribution in [2.45, 2.75) is 6.92 Å². The molecule has 0 saturated heterocycles. The van der Waals surface area contributed by atoms with Gasteiger partial charge in [0.15, 0.2) is 0 Å². The molecule has 0 aliphatic heterocycles. The van der Waals surface area contributed by atoms with Gasteiger partial charge in [0.25, 0.3) is 0 Å². The van der Waals surface area contributed by atoms with Gasteiger partial charge in [-0.3, -0.25) is 0 Å². The molecular weight excluding hydrogens is 190 g/mol. The molecule has 0 radical (unpaired) electrons. The van der Waals surface area contributed by atoms with Gasteiger partial charge in [-0.1, -0.05) is 0 Å². The maximum atomic E-state index is 5.52. The predicted molar refractivity (Wildman–Crippen MR) is 60.4 cm³/mol. The molecule has 1 N–H and O–H groups in total. The van der Waals surface area contributed by atoms with E-state index in [0.29, 0.717) is 13.2 Å². The highest BCUT2D eigenvalue weighted by Crippen LogP contribution is 2.21. The number of aryl methyl sites for hydroxylation is 1. The van der Waals surface area contributed by atoms with Crippen LogP contribution in [0.15, 0.2) is 24.3 Å². The van der Waals surface area contributed by atoms with E-state index in [1.165, 1.54) is 11.1 Å². The molecule has 0 aliphatic rings. The molecule has 0 amide bonds. The highest BCUT2D eigenvalue weighted by atomic mass is 16.5. The largest absolute Gasteiger partial charge is 0.491 e. The number of hydrogen-bond acceptors (Lipinski definition) is 2. The molecule has 80 valence electrons. The standard InChI is InChI=1S/C12H15NO2/c1-9-7-10-8-11(15-6-5-14-2)3-4-12(10)13-9/h3-4,7-8,13H,5-6H2,1-2H3. The molecule has 3 nitrogen and oxygen atoms in total. The van der Waals surface area contributed by atoms with Crippen LogP contribution >= 0.6 is 0 Å². The zero-order chi connectivity index (χ0) is 10.7. The quantitative estimate of drug-likeness (QED) is 0.778. The molecule has 0 bridgehead atoms. The van der Waals surface area contributed by atoms with Crippen LogP contribution in [0, 0.1) is 6.92 Å². The van der Waals surface area contributed by atoms with Crippen molar-refractivity contribution >= 4 is 10.9 Å². The summed E-state index contributed by atoms with van der Waals surface area (Å²) in [5, 5.41) is 1.18. The molecule has 2 aromatic rings. The second-order valence-corrected chi connectivity index (χ2v) is 3.54. The summed E-state index contributed by atoms with van der Waals surface area (Å²) in [4.78, 5) is 3.27. The van der Waals surface area contributed by atoms with E-state index in [-0.39, 0.29) is 0 Å². The van der Waals surface area contributed by atoms with Gasteiger partial charge >= 0.3 is 0 Å². The molecule has 15 heavy (non-hydrogen) atoms. The molecule has 2 rings (SSSR count). The number of fused-ring (bicyclic) bond motifs is 1. The minimum atomic E-state index is 0.589. The zero-order valence-corrected chi connectivity index (χ0v) is 9.04. The molecule has 0 atom stereocenters. The van der Waals surface area contributed by atoms with Crippen molar-refractivity contribution in [3.8, 4) is 5.75 Å². The zero-order valence-electron chi connectivity index (χ0n) is 9.04. The van der Waals surface area contributed by atoms with E-state index in [1.54, 1.807) is 7.11 Å². The first kappa shape index (κ1) is 10.1. The van der Waals surface area contributed by atoms with Crippen molar-refractivity contribution in [1.29, 1.82) is 0 Å². The van der Waals surface area contributed by atoms with E-state index in [2.05, 4.69) is 11.1 Å². The lowest BCUT2D eigenvalue weighted by Crippen LogP contribution is -2.03. The highest BCUT2D eigenvalue weighted by molar-refractivity contribution is 5.81. The van der Waals surface area contributed by atoms with Crippen LogP contribution in [0.2, 0.25) is 0 Å². The van der Waals surface area contributed by atoms with Gasteiger partial charge in [0.2, 0.25) is 0 Å². The summed E-state index contributed by atoms with van der Waals surface area (Å²) in [7, 11) is 1.67. The SMILES string of the molecule is COCCOc1ccc2[nH]c(C)cc2c1. The van der Waals surface area contributed by atoms with Crippen molar-refractivity contribution in [3.05, 3.63) is 30.0 Å². The van der Waals surface area contributed by atoms with Gasteiger partial charge in [-0.05, 0) is 31.2 Å². The Bertz CT molecular complexity index is 448. The molecule has 1 aromatic carbocycles. The Kier molecular flexibility index (Phi) is 2.92. The van der Waals surface area contributed by atoms with Crippen LogP contribution in [0.5, 0.6) is 5.75 Å². The van der Waals surface area contributed by atoms with Crippen molar-refractivity contribution in [1.82, 2.24) is 4.98 Å². The fraction of sp³-hybridized carbons (Fsp3) is 0.333. The summed E-state index contributed by atoms with van der Waals surface area (Å²) < 4.78 is 10.4. The summed E-state index contributed by atoms with van der Waals surface area (Å²) in [6.07, 6.45) is 0. The van der Waals surface area contributed by atoms with E-state index in [4.69, 9.17) is 9.47 Å².